The molecule has 5 N–H and O–H groups in total. The van der Waals surface area contributed by atoms with Gasteiger partial charge in [0.25, 0.3) is 5.60 Å². The Morgan fingerprint density at radius 2 is 1.76 bits per heavy atom. The molecule has 5 atom stereocenters. The number of allylic oxidation sites excluding steroid dienone is 1. The highest BCUT2D eigenvalue weighted by atomic mass is 16.6. The number of carbonyl (C=O) groups is 4. The number of fused-ring (bicyclic) bond motifs is 3. The minimum Gasteiger partial charge on any atom is -0.507 e. The summed E-state index contributed by atoms with van der Waals surface area (Å²) in [6.45, 7) is 2.84. The van der Waals surface area contributed by atoms with Gasteiger partial charge in [-0.05, 0) is 37.5 Å². The monoisotopic (exact) mass is 616 g/mol. The zero-order valence-corrected chi connectivity index (χ0v) is 24.3. The van der Waals surface area contributed by atoms with Gasteiger partial charge in [0.2, 0.25) is 0 Å². The maximum absolute atomic E-state index is 14.4. The van der Waals surface area contributed by atoms with E-state index in [1.165, 1.54) is 25.1 Å². The molecular formula is C33H28O12. The summed E-state index contributed by atoms with van der Waals surface area (Å²) in [7, 11) is 1.04. The van der Waals surface area contributed by atoms with E-state index in [0.29, 0.717) is 5.57 Å². The lowest BCUT2D eigenvalue weighted by atomic mass is 9.60. The summed E-state index contributed by atoms with van der Waals surface area (Å²) in [6, 6.07) is 5.80. The Labute approximate surface area is 255 Å². The van der Waals surface area contributed by atoms with Gasteiger partial charge in [0, 0.05) is 24.5 Å². The molecule has 2 aromatic carbocycles. The highest BCUT2D eigenvalue weighted by Crippen LogP contribution is 2.64. The van der Waals surface area contributed by atoms with Crippen LogP contribution in [0.2, 0.25) is 0 Å². The van der Waals surface area contributed by atoms with Crippen molar-refractivity contribution in [2.45, 2.75) is 56.8 Å². The standard InChI is InChI=1S/C33H28O12/c1-12-10-32-11-14-9-18-23(29(41)24-17(36)7-8-19(37)33(24,45-18)31(42)43-3)26(38)21(14)20(12)27(39)25(32)28(40)22-15(5-4-6-16(22)35)30(32)44-13(2)34/h4-6,9-10,19-20,30,35,37-38,40-41H,7-8,11H2,1-3H3/t19?,20-,30?,32-,33?/m1/s1. The number of aliphatic hydroxyl groups excluding tert-OH is 3. The molecule has 232 valence electrons. The van der Waals surface area contributed by atoms with Gasteiger partial charge in [0.1, 0.15) is 46.5 Å². The van der Waals surface area contributed by atoms with Crippen molar-refractivity contribution in [1.82, 2.24) is 0 Å². The van der Waals surface area contributed by atoms with Crippen LogP contribution in [-0.4, -0.2) is 67.9 Å². The third kappa shape index (κ3) is 3.40. The highest BCUT2D eigenvalue weighted by Gasteiger charge is 2.63. The first-order chi connectivity index (χ1) is 21.3. The predicted octanol–water partition coefficient (Wildman–Crippen LogP) is 3.14. The molecule has 1 saturated carbocycles. The molecule has 0 radical (unpaired) electrons. The first-order valence-electron chi connectivity index (χ1n) is 14.3. The van der Waals surface area contributed by atoms with E-state index in [-0.39, 0.29) is 64.2 Å². The van der Waals surface area contributed by atoms with Crippen LogP contribution >= 0.6 is 0 Å². The second kappa shape index (κ2) is 9.21. The molecule has 1 aliphatic heterocycles. The number of ether oxygens (including phenoxy) is 3. The van der Waals surface area contributed by atoms with Gasteiger partial charge in [-0.2, -0.15) is 0 Å². The van der Waals surface area contributed by atoms with Crippen molar-refractivity contribution < 1.29 is 58.9 Å². The van der Waals surface area contributed by atoms with E-state index in [1.54, 1.807) is 19.1 Å². The summed E-state index contributed by atoms with van der Waals surface area (Å²) < 4.78 is 16.8. The van der Waals surface area contributed by atoms with E-state index in [9.17, 15) is 44.7 Å². The number of phenolic OH excluding ortho intramolecular Hbond substituents is 2. The largest absolute Gasteiger partial charge is 0.507 e. The number of esters is 2. The molecule has 5 aliphatic carbocycles. The first kappa shape index (κ1) is 28.7. The molecule has 0 saturated heterocycles. The molecule has 45 heavy (non-hydrogen) atoms. The average Bonchev–Trinajstić information content (AvgIpc) is 3.17. The lowest BCUT2D eigenvalue weighted by Gasteiger charge is -2.45. The zero-order valence-electron chi connectivity index (χ0n) is 24.3. The number of ketones is 2. The number of hydrogen-bond acceptors (Lipinski definition) is 12. The number of rotatable bonds is 2. The van der Waals surface area contributed by atoms with Gasteiger partial charge in [0.05, 0.1) is 35.2 Å². The molecule has 8 rings (SSSR count). The van der Waals surface area contributed by atoms with Gasteiger partial charge >= 0.3 is 11.9 Å². The molecule has 0 amide bonds. The average molecular weight is 617 g/mol. The van der Waals surface area contributed by atoms with E-state index in [0.717, 1.165) is 7.11 Å². The van der Waals surface area contributed by atoms with Gasteiger partial charge in [0.15, 0.2) is 11.6 Å². The lowest BCUT2D eigenvalue weighted by molar-refractivity contribution is -0.169. The Morgan fingerprint density at radius 3 is 2.44 bits per heavy atom. The molecule has 3 unspecified atom stereocenters. The van der Waals surface area contributed by atoms with Crippen LogP contribution in [0, 0.1) is 5.41 Å². The molecule has 12 nitrogen and oxygen atoms in total. The Bertz CT molecular complexity index is 1900. The zero-order chi connectivity index (χ0) is 32.3. The molecule has 0 aromatic heterocycles. The Hall–Kier alpha value is -5.10. The van der Waals surface area contributed by atoms with Crippen molar-refractivity contribution in [2.75, 3.05) is 7.11 Å². The van der Waals surface area contributed by atoms with Crippen LogP contribution in [-0.2, 0) is 35.1 Å². The quantitative estimate of drug-likeness (QED) is 0.245. The Morgan fingerprint density at radius 1 is 1.04 bits per heavy atom. The maximum atomic E-state index is 14.4. The Kier molecular flexibility index (Phi) is 5.86. The number of aromatic hydroxyl groups is 2. The van der Waals surface area contributed by atoms with Crippen LogP contribution in [0.3, 0.4) is 0 Å². The number of carbonyl (C=O) groups excluding carboxylic acids is 4. The third-order valence-corrected chi connectivity index (χ3v) is 9.66. The van der Waals surface area contributed by atoms with Crippen molar-refractivity contribution >= 4 is 35.0 Å². The van der Waals surface area contributed by atoms with Crippen LogP contribution in [0.15, 0.2) is 47.1 Å². The fraction of sp³-hybridized carbons (Fsp3) is 0.333. The second-order valence-electron chi connectivity index (χ2n) is 12.1. The maximum Gasteiger partial charge on any atom is 0.358 e. The first-order valence-corrected chi connectivity index (χ1v) is 14.3. The summed E-state index contributed by atoms with van der Waals surface area (Å²) >= 11 is 0. The minimum atomic E-state index is -2.42. The molecule has 1 heterocycles. The molecule has 12 heteroatoms. The molecule has 2 aromatic rings. The summed E-state index contributed by atoms with van der Waals surface area (Å²) in [4.78, 5) is 53.2. The van der Waals surface area contributed by atoms with E-state index >= 15 is 0 Å². The lowest BCUT2D eigenvalue weighted by Crippen LogP contribution is -2.61. The SMILES string of the molecule is COC(=O)C12Oc3cc4c(c(O)c3C(O)=C1C(=O)CCC2O)[C@@H]1C(=O)C2=C(O)c3c(O)cccc3C(OC(C)=O)[C@]2(C=C1C)C4. The van der Waals surface area contributed by atoms with Crippen LogP contribution in [0.25, 0.3) is 11.5 Å². The number of aliphatic hydroxyl groups is 3. The number of methoxy groups -OCH3 is 1. The van der Waals surface area contributed by atoms with Gasteiger partial charge < -0.3 is 39.7 Å². The number of Topliss-reactive ketones (excluding diaryl/α,β-unsaturated/α-hetero) is 2. The van der Waals surface area contributed by atoms with Gasteiger partial charge in [-0.15, -0.1) is 0 Å². The smallest absolute Gasteiger partial charge is 0.358 e. The molecule has 6 aliphatic rings. The van der Waals surface area contributed by atoms with Gasteiger partial charge in [-0.1, -0.05) is 23.8 Å². The van der Waals surface area contributed by atoms with Crippen LogP contribution in [0.4, 0.5) is 0 Å². The van der Waals surface area contributed by atoms with E-state index in [1.807, 2.05) is 0 Å². The van der Waals surface area contributed by atoms with Crippen LogP contribution in [0.1, 0.15) is 66.5 Å². The number of benzene rings is 2. The third-order valence-electron chi connectivity index (χ3n) is 9.66. The van der Waals surface area contributed by atoms with Crippen LogP contribution in [0.5, 0.6) is 17.2 Å². The Balaban J connectivity index is 1.54. The van der Waals surface area contributed by atoms with E-state index in [4.69, 9.17) is 14.2 Å². The van der Waals surface area contributed by atoms with Crippen molar-refractivity contribution in [3.63, 3.8) is 0 Å². The van der Waals surface area contributed by atoms with E-state index < -0.39 is 75.5 Å². The molecular weight excluding hydrogens is 588 g/mol. The normalized spacial score (nSPS) is 29.3. The highest BCUT2D eigenvalue weighted by molar-refractivity contribution is 6.14. The summed E-state index contributed by atoms with van der Waals surface area (Å²) in [5.41, 5.74) is -4.02. The van der Waals surface area contributed by atoms with Crippen molar-refractivity contribution in [2.24, 2.45) is 5.41 Å². The molecule has 1 fully saturated rings. The number of phenols is 2. The fourth-order valence-corrected chi connectivity index (χ4v) is 7.98. The summed E-state index contributed by atoms with van der Waals surface area (Å²) in [5.74, 6) is -6.86. The molecule has 1 spiro atoms. The minimum absolute atomic E-state index is 0.0547. The fourth-order valence-electron chi connectivity index (χ4n) is 7.98. The van der Waals surface area contributed by atoms with Crippen molar-refractivity contribution in [3.05, 3.63) is 74.9 Å². The van der Waals surface area contributed by atoms with Gasteiger partial charge in [-0.25, -0.2) is 4.79 Å². The van der Waals surface area contributed by atoms with E-state index in [2.05, 4.69) is 0 Å². The summed E-state index contributed by atoms with van der Waals surface area (Å²) in [6.07, 6.45) is -1.62. The second-order valence-corrected chi connectivity index (χ2v) is 12.1. The molecule has 2 bridgehead atoms. The van der Waals surface area contributed by atoms with Crippen LogP contribution < -0.4 is 4.74 Å². The predicted molar refractivity (Wildman–Crippen MR) is 153 cm³/mol. The topological polar surface area (TPSA) is 197 Å². The van der Waals surface area contributed by atoms with Crippen molar-refractivity contribution in [1.29, 1.82) is 0 Å². The summed E-state index contributed by atoms with van der Waals surface area (Å²) in [5, 5.41) is 56.7. The van der Waals surface area contributed by atoms with Crippen molar-refractivity contribution in [3.8, 4) is 17.2 Å². The number of hydrogen-bond donors (Lipinski definition) is 5. The van der Waals surface area contributed by atoms with Gasteiger partial charge in [-0.3, -0.25) is 14.4 Å².